The van der Waals surface area contributed by atoms with Crippen molar-refractivity contribution in [2.75, 3.05) is 6.61 Å². The highest BCUT2D eigenvalue weighted by Gasteiger charge is 2.52. The van der Waals surface area contributed by atoms with Gasteiger partial charge in [-0.1, -0.05) is 0 Å². The SMILES string of the molecule is CC(=O)C1(O)C(=O)CCOC1=O. The molecule has 0 spiro atoms. The fraction of sp³-hybridized carbons (Fsp3) is 0.571. The zero-order valence-corrected chi connectivity index (χ0v) is 6.49. The van der Waals surface area contributed by atoms with Gasteiger partial charge in [0.25, 0.3) is 5.60 Å². The van der Waals surface area contributed by atoms with E-state index in [0.29, 0.717) is 0 Å². The quantitative estimate of drug-likeness (QED) is 0.398. The van der Waals surface area contributed by atoms with E-state index in [1.165, 1.54) is 0 Å². The summed E-state index contributed by atoms with van der Waals surface area (Å²) in [5, 5.41) is 9.31. The number of cyclic esters (lactones) is 1. The average Bonchev–Trinajstić information content (AvgIpc) is 1.99. The molecule has 0 aliphatic carbocycles. The minimum atomic E-state index is -2.54. The summed E-state index contributed by atoms with van der Waals surface area (Å²) in [6.45, 7) is 0.914. The lowest BCUT2D eigenvalue weighted by molar-refractivity contribution is -0.179. The zero-order chi connectivity index (χ0) is 9.35. The Morgan fingerprint density at radius 3 is 2.50 bits per heavy atom. The Bertz CT molecular complexity index is 239. The standard InChI is InChI=1S/C7H8O5/c1-4(8)7(11)5(9)2-3-12-6(7)10/h11H,2-3H2,1H3. The van der Waals surface area contributed by atoms with Crippen molar-refractivity contribution in [2.45, 2.75) is 18.9 Å². The first kappa shape index (κ1) is 8.86. The van der Waals surface area contributed by atoms with Crippen LogP contribution in [0.25, 0.3) is 0 Å². The minimum absolute atomic E-state index is 0.0622. The number of rotatable bonds is 1. The largest absolute Gasteiger partial charge is 0.462 e. The monoisotopic (exact) mass is 172 g/mol. The second-order valence-electron chi connectivity index (χ2n) is 2.58. The summed E-state index contributed by atoms with van der Waals surface area (Å²) in [5.41, 5.74) is -2.54. The Morgan fingerprint density at radius 1 is 1.58 bits per heavy atom. The molecule has 12 heavy (non-hydrogen) atoms. The maximum Gasteiger partial charge on any atom is 0.354 e. The minimum Gasteiger partial charge on any atom is -0.462 e. The van der Waals surface area contributed by atoms with Crippen molar-refractivity contribution in [3.63, 3.8) is 0 Å². The number of Topliss-reactive ketones (excluding diaryl/α,β-unsaturated/α-hetero) is 2. The van der Waals surface area contributed by atoms with Crippen LogP contribution in [0.4, 0.5) is 0 Å². The van der Waals surface area contributed by atoms with Crippen LogP contribution >= 0.6 is 0 Å². The van der Waals surface area contributed by atoms with Gasteiger partial charge >= 0.3 is 5.97 Å². The van der Waals surface area contributed by atoms with Crippen LogP contribution in [0, 0.1) is 0 Å². The molecule has 0 amide bonds. The highest BCUT2D eigenvalue weighted by atomic mass is 16.6. The third-order valence-corrected chi connectivity index (χ3v) is 1.77. The van der Waals surface area contributed by atoms with E-state index in [2.05, 4.69) is 4.74 Å². The summed E-state index contributed by atoms with van der Waals surface area (Å²) in [7, 11) is 0. The van der Waals surface area contributed by atoms with Crippen molar-refractivity contribution in [1.29, 1.82) is 0 Å². The molecule has 1 aliphatic heterocycles. The highest BCUT2D eigenvalue weighted by Crippen LogP contribution is 2.17. The molecule has 1 rings (SSSR count). The summed E-state index contributed by atoms with van der Waals surface area (Å²) in [6.07, 6.45) is -0.109. The van der Waals surface area contributed by atoms with Gasteiger partial charge in [-0.15, -0.1) is 0 Å². The van der Waals surface area contributed by atoms with E-state index >= 15 is 0 Å². The van der Waals surface area contributed by atoms with Crippen LogP contribution in [0.15, 0.2) is 0 Å². The number of carbonyl (C=O) groups excluding carboxylic acids is 3. The summed E-state index contributed by atoms with van der Waals surface area (Å²) < 4.78 is 4.39. The van der Waals surface area contributed by atoms with Crippen molar-refractivity contribution in [1.82, 2.24) is 0 Å². The van der Waals surface area contributed by atoms with Crippen molar-refractivity contribution in [3.8, 4) is 0 Å². The lowest BCUT2D eigenvalue weighted by Crippen LogP contribution is -2.56. The Kier molecular flexibility index (Phi) is 1.97. The van der Waals surface area contributed by atoms with Crippen LogP contribution in [0.1, 0.15) is 13.3 Å². The van der Waals surface area contributed by atoms with E-state index in [9.17, 15) is 19.5 Å². The highest BCUT2D eigenvalue weighted by molar-refractivity contribution is 6.26. The molecule has 1 N–H and O–H groups in total. The third kappa shape index (κ3) is 1.02. The van der Waals surface area contributed by atoms with E-state index in [-0.39, 0.29) is 13.0 Å². The van der Waals surface area contributed by atoms with Crippen LogP contribution in [0.3, 0.4) is 0 Å². The number of hydrogen-bond donors (Lipinski definition) is 1. The van der Waals surface area contributed by atoms with Gasteiger partial charge in [-0.2, -0.15) is 0 Å². The van der Waals surface area contributed by atoms with E-state index in [1.807, 2.05) is 0 Å². The van der Waals surface area contributed by atoms with Crippen molar-refractivity contribution in [3.05, 3.63) is 0 Å². The smallest absolute Gasteiger partial charge is 0.354 e. The van der Waals surface area contributed by atoms with Gasteiger partial charge in [0, 0.05) is 6.42 Å². The molecule has 66 valence electrons. The Hall–Kier alpha value is -1.23. The normalized spacial score (nSPS) is 29.8. The molecule has 0 bridgehead atoms. The molecule has 0 saturated carbocycles. The maximum absolute atomic E-state index is 11.0. The number of carbonyl (C=O) groups is 3. The number of ketones is 2. The summed E-state index contributed by atoms with van der Waals surface area (Å²) >= 11 is 0. The lowest BCUT2D eigenvalue weighted by atomic mass is 9.90. The summed E-state index contributed by atoms with van der Waals surface area (Å²) in [6, 6.07) is 0. The van der Waals surface area contributed by atoms with Gasteiger partial charge in [-0.3, -0.25) is 9.59 Å². The lowest BCUT2D eigenvalue weighted by Gasteiger charge is -2.25. The Balaban J connectivity index is 3.04. The Labute approximate surface area is 68.3 Å². The van der Waals surface area contributed by atoms with Crippen LogP contribution in [-0.4, -0.2) is 34.9 Å². The van der Waals surface area contributed by atoms with E-state index in [4.69, 9.17) is 0 Å². The number of hydrogen-bond acceptors (Lipinski definition) is 5. The fourth-order valence-electron chi connectivity index (χ4n) is 0.976. The van der Waals surface area contributed by atoms with Crippen molar-refractivity contribution < 1.29 is 24.2 Å². The molecular formula is C7H8O5. The van der Waals surface area contributed by atoms with Gasteiger partial charge in [0.2, 0.25) is 0 Å². The van der Waals surface area contributed by atoms with Gasteiger partial charge in [-0.05, 0) is 6.92 Å². The molecule has 1 heterocycles. The van der Waals surface area contributed by atoms with Gasteiger partial charge in [0.1, 0.15) is 0 Å². The van der Waals surface area contributed by atoms with E-state index < -0.39 is 23.1 Å². The molecule has 0 radical (unpaired) electrons. The first-order chi connectivity index (χ1) is 5.49. The van der Waals surface area contributed by atoms with Crippen molar-refractivity contribution >= 4 is 17.5 Å². The molecule has 1 atom stereocenters. The average molecular weight is 172 g/mol. The predicted octanol–water partition coefficient (Wildman–Crippen LogP) is -1.18. The van der Waals surface area contributed by atoms with Crippen LogP contribution in [0.5, 0.6) is 0 Å². The second-order valence-corrected chi connectivity index (χ2v) is 2.58. The summed E-state index contributed by atoms with van der Waals surface area (Å²) in [4.78, 5) is 32.6. The molecule has 0 aromatic rings. The Morgan fingerprint density at radius 2 is 2.17 bits per heavy atom. The summed E-state index contributed by atoms with van der Waals surface area (Å²) in [5.74, 6) is -2.84. The van der Waals surface area contributed by atoms with E-state index in [0.717, 1.165) is 6.92 Å². The van der Waals surface area contributed by atoms with Gasteiger partial charge in [0.15, 0.2) is 11.6 Å². The molecule has 1 aliphatic rings. The molecule has 5 heteroatoms. The number of ether oxygens (including phenoxy) is 1. The third-order valence-electron chi connectivity index (χ3n) is 1.77. The van der Waals surface area contributed by atoms with Gasteiger partial charge in [0.05, 0.1) is 6.61 Å². The zero-order valence-electron chi connectivity index (χ0n) is 6.49. The molecular weight excluding hydrogens is 164 g/mol. The second kappa shape index (κ2) is 2.67. The van der Waals surface area contributed by atoms with Gasteiger partial charge in [-0.25, -0.2) is 4.79 Å². The molecule has 5 nitrogen and oxygen atoms in total. The molecule has 1 fully saturated rings. The topological polar surface area (TPSA) is 80.7 Å². The van der Waals surface area contributed by atoms with Crippen LogP contribution in [0.2, 0.25) is 0 Å². The maximum atomic E-state index is 11.0. The molecule has 0 aromatic heterocycles. The van der Waals surface area contributed by atoms with Gasteiger partial charge < -0.3 is 9.84 Å². The first-order valence-electron chi connectivity index (χ1n) is 3.43. The van der Waals surface area contributed by atoms with Crippen molar-refractivity contribution in [2.24, 2.45) is 0 Å². The molecule has 0 aromatic carbocycles. The van der Waals surface area contributed by atoms with Crippen LogP contribution < -0.4 is 0 Å². The number of esters is 1. The molecule has 1 unspecified atom stereocenters. The van der Waals surface area contributed by atoms with E-state index in [1.54, 1.807) is 0 Å². The predicted molar refractivity (Wildman–Crippen MR) is 36.2 cm³/mol. The van der Waals surface area contributed by atoms with Crippen LogP contribution in [-0.2, 0) is 19.1 Å². The molecule has 1 saturated heterocycles. The number of aliphatic hydroxyl groups is 1. The first-order valence-corrected chi connectivity index (χ1v) is 3.43. The fourth-order valence-corrected chi connectivity index (χ4v) is 0.976.